The van der Waals surface area contributed by atoms with Crippen LogP contribution >= 0.6 is 0 Å². The molecular weight excluding hydrogens is 436 g/mol. The molecule has 1 fully saturated rings. The highest BCUT2D eigenvalue weighted by molar-refractivity contribution is 5.98. The fourth-order valence-corrected chi connectivity index (χ4v) is 3.82. The Kier molecular flexibility index (Phi) is 9.87. The van der Waals surface area contributed by atoms with E-state index in [0.29, 0.717) is 19.5 Å². The number of piperidine rings is 1. The summed E-state index contributed by atoms with van der Waals surface area (Å²) in [5.41, 5.74) is 7.59. The first kappa shape index (κ1) is 25.2. The molecule has 2 aromatic rings. The molecule has 1 unspecified atom stereocenters. The third-order valence-electron chi connectivity index (χ3n) is 5.52. The number of rotatable bonds is 7. The Hall–Kier alpha value is -3.43. The van der Waals surface area contributed by atoms with E-state index in [-0.39, 0.29) is 37.7 Å². The average Bonchev–Trinajstić information content (AvgIpc) is 2.87. The lowest BCUT2D eigenvalue weighted by molar-refractivity contribution is 0.141. The number of hydrogen-bond donors (Lipinski definition) is 3. The van der Waals surface area contributed by atoms with Gasteiger partial charge in [-0.25, -0.2) is 9.59 Å². The van der Waals surface area contributed by atoms with Gasteiger partial charge in [0, 0.05) is 19.1 Å². The third-order valence-corrected chi connectivity index (χ3v) is 5.52. The first-order chi connectivity index (χ1) is 16.5. The fraction of sp³-hybridized carbons (Fsp3) is 0.400. The zero-order chi connectivity index (χ0) is 24.2. The number of nitrogens with two attached hydrogens (primary N) is 1. The van der Waals surface area contributed by atoms with Crippen molar-refractivity contribution < 1.29 is 24.2 Å². The Morgan fingerprint density at radius 3 is 2.29 bits per heavy atom. The van der Waals surface area contributed by atoms with Gasteiger partial charge in [0.05, 0.1) is 6.61 Å². The van der Waals surface area contributed by atoms with E-state index in [1.165, 1.54) is 0 Å². The molecule has 9 nitrogen and oxygen atoms in total. The number of aliphatic hydroxyl groups is 1. The van der Waals surface area contributed by atoms with Gasteiger partial charge in [-0.15, -0.1) is 4.99 Å². The van der Waals surface area contributed by atoms with Crippen LogP contribution in [0.2, 0.25) is 0 Å². The van der Waals surface area contributed by atoms with E-state index < -0.39 is 12.2 Å². The number of ether oxygens (including phenoxy) is 2. The van der Waals surface area contributed by atoms with Crippen molar-refractivity contribution in [2.45, 2.75) is 38.5 Å². The molecule has 1 aliphatic heterocycles. The van der Waals surface area contributed by atoms with E-state index in [9.17, 15) is 14.7 Å². The van der Waals surface area contributed by atoms with Crippen LogP contribution in [0.25, 0.3) is 0 Å². The molecular formula is C25H32N4O5. The summed E-state index contributed by atoms with van der Waals surface area (Å²) in [6, 6.07) is 18.3. The molecule has 34 heavy (non-hydrogen) atoms. The molecule has 1 aliphatic rings. The maximum Gasteiger partial charge on any atom is 0.437 e. The van der Waals surface area contributed by atoms with Crippen LogP contribution in [-0.2, 0) is 22.7 Å². The van der Waals surface area contributed by atoms with Gasteiger partial charge >= 0.3 is 12.2 Å². The highest BCUT2D eigenvalue weighted by Crippen LogP contribution is 2.21. The molecule has 9 heteroatoms. The summed E-state index contributed by atoms with van der Waals surface area (Å²) in [7, 11) is 0. The van der Waals surface area contributed by atoms with Gasteiger partial charge in [-0.3, -0.25) is 5.32 Å². The lowest BCUT2D eigenvalue weighted by Gasteiger charge is -2.35. The van der Waals surface area contributed by atoms with Crippen molar-refractivity contribution in [2.75, 3.05) is 19.7 Å². The predicted octanol–water partition coefficient (Wildman–Crippen LogP) is 3.03. The zero-order valence-corrected chi connectivity index (χ0v) is 19.1. The number of guanidine groups is 1. The van der Waals surface area contributed by atoms with Gasteiger partial charge in [0.2, 0.25) is 5.96 Å². The molecule has 0 bridgehead atoms. The van der Waals surface area contributed by atoms with E-state index in [1.54, 1.807) is 0 Å². The predicted molar refractivity (Wildman–Crippen MR) is 128 cm³/mol. The largest absolute Gasteiger partial charge is 0.444 e. The van der Waals surface area contributed by atoms with Crippen LogP contribution in [0.3, 0.4) is 0 Å². The van der Waals surface area contributed by atoms with E-state index in [0.717, 1.165) is 24.0 Å². The average molecular weight is 469 g/mol. The van der Waals surface area contributed by atoms with Crippen molar-refractivity contribution in [2.24, 2.45) is 16.6 Å². The molecule has 1 saturated heterocycles. The van der Waals surface area contributed by atoms with Crippen molar-refractivity contribution in [1.29, 1.82) is 0 Å². The van der Waals surface area contributed by atoms with Gasteiger partial charge in [-0.05, 0) is 36.3 Å². The second kappa shape index (κ2) is 13.3. The van der Waals surface area contributed by atoms with Crippen LogP contribution in [0.15, 0.2) is 65.7 Å². The Labute approximate surface area is 199 Å². The van der Waals surface area contributed by atoms with Crippen LogP contribution in [-0.4, -0.2) is 53.9 Å². The molecule has 182 valence electrons. The van der Waals surface area contributed by atoms with Crippen molar-refractivity contribution in [1.82, 2.24) is 10.2 Å². The maximum absolute atomic E-state index is 12.5. The monoisotopic (exact) mass is 468 g/mol. The number of carbonyl (C=O) groups is 2. The number of carbonyl (C=O) groups excluding carboxylic acids is 2. The summed E-state index contributed by atoms with van der Waals surface area (Å²) in [4.78, 5) is 30.8. The van der Waals surface area contributed by atoms with E-state index in [1.807, 2.05) is 65.6 Å². The minimum atomic E-state index is -0.809. The van der Waals surface area contributed by atoms with Gasteiger partial charge in [0.15, 0.2) is 0 Å². The molecule has 2 amide bonds. The summed E-state index contributed by atoms with van der Waals surface area (Å²) in [6.07, 6.45) is 0.886. The number of alkyl carbamates (subject to hydrolysis) is 1. The molecule has 2 atom stereocenters. The number of aliphatic imine (C=N–C) groups is 1. The summed E-state index contributed by atoms with van der Waals surface area (Å²) in [5, 5.41) is 11.9. The minimum Gasteiger partial charge on any atom is -0.444 e. The standard InChI is InChI=1S/C25H32N4O5/c26-22(16-30)14-21-12-7-13-29(15-21)23(27-24(31)33-17-19-8-3-1-4-9-19)28-25(32)34-18-20-10-5-2-6-11-20/h1-6,8-11,21-22,30H,7,12-18,26H2,(H,27,28,31,32)/t21?,22-/m0/s1. The first-order valence-corrected chi connectivity index (χ1v) is 11.4. The van der Waals surface area contributed by atoms with E-state index in [4.69, 9.17) is 15.2 Å². The van der Waals surface area contributed by atoms with Gasteiger partial charge in [0.25, 0.3) is 0 Å². The van der Waals surface area contributed by atoms with Gasteiger partial charge in [-0.1, -0.05) is 60.7 Å². The molecule has 0 radical (unpaired) electrons. The quantitative estimate of drug-likeness (QED) is 0.421. The highest BCUT2D eigenvalue weighted by Gasteiger charge is 2.26. The molecule has 1 heterocycles. The number of benzene rings is 2. The molecule has 0 aromatic heterocycles. The lowest BCUT2D eigenvalue weighted by Crippen LogP contribution is -2.49. The SMILES string of the molecule is N[C@H](CO)CC1CCCN(/C(=N/C(=O)OCc2ccccc2)NC(=O)OCc2ccccc2)C1. The lowest BCUT2D eigenvalue weighted by atomic mass is 9.92. The highest BCUT2D eigenvalue weighted by atomic mass is 16.6. The Bertz CT molecular complexity index is 939. The van der Waals surface area contributed by atoms with Crippen molar-refractivity contribution in [3.8, 4) is 0 Å². The molecule has 3 rings (SSSR count). The van der Waals surface area contributed by atoms with Crippen LogP contribution in [0.1, 0.15) is 30.4 Å². The Morgan fingerprint density at radius 1 is 1.06 bits per heavy atom. The fourth-order valence-electron chi connectivity index (χ4n) is 3.82. The summed E-state index contributed by atoms with van der Waals surface area (Å²) >= 11 is 0. The summed E-state index contributed by atoms with van der Waals surface area (Å²) < 4.78 is 10.6. The normalized spacial score (nSPS) is 17.1. The van der Waals surface area contributed by atoms with Crippen molar-refractivity contribution in [3.63, 3.8) is 0 Å². The number of hydrogen-bond acceptors (Lipinski definition) is 6. The molecule has 2 aromatic carbocycles. The van der Waals surface area contributed by atoms with Gasteiger partial charge in [-0.2, -0.15) is 0 Å². The smallest absolute Gasteiger partial charge is 0.437 e. The van der Waals surface area contributed by atoms with Crippen molar-refractivity contribution in [3.05, 3.63) is 71.8 Å². The van der Waals surface area contributed by atoms with E-state index >= 15 is 0 Å². The number of nitrogens with one attached hydrogen (secondary N) is 1. The third kappa shape index (κ3) is 8.49. The zero-order valence-electron chi connectivity index (χ0n) is 19.1. The van der Waals surface area contributed by atoms with E-state index in [2.05, 4.69) is 10.3 Å². The van der Waals surface area contributed by atoms with Crippen LogP contribution in [0.4, 0.5) is 9.59 Å². The topological polar surface area (TPSA) is 126 Å². The number of aliphatic hydroxyl groups excluding tert-OH is 1. The molecule has 4 N–H and O–H groups in total. The number of likely N-dealkylation sites (tertiary alicyclic amines) is 1. The maximum atomic E-state index is 12.5. The van der Waals surface area contributed by atoms with Crippen LogP contribution in [0, 0.1) is 5.92 Å². The number of amides is 2. The summed E-state index contributed by atoms with van der Waals surface area (Å²) in [6.45, 7) is 1.22. The van der Waals surface area contributed by atoms with Gasteiger partial charge < -0.3 is 25.2 Å². The van der Waals surface area contributed by atoms with Gasteiger partial charge in [0.1, 0.15) is 13.2 Å². The minimum absolute atomic E-state index is 0.0723. The Morgan fingerprint density at radius 2 is 1.68 bits per heavy atom. The van der Waals surface area contributed by atoms with Crippen LogP contribution < -0.4 is 11.1 Å². The molecule has 0 saturated carbocycles. The number of nitrogens with zero attached hydrogens (tertiary/aromatic N) is 2. The first-order valence-electron chi connectivity index (χ1n) is 11.4. The Balaban J connectivity index is 1.66. The molecule has 0 aliphatic carbocycles. The second-order valence-corrected chi connectivity index (χ2v) is 8.29. The van der Waals surface area contributed by atoms with Crippen LogP contribution in [0.5, 0.6) is 0 Å². The molecule has 0 spiro atoms. The van der Waals surface area contributed by atoms with Crippen molar-refractivity contribution >= 4 is 18.1 Å². The second-order valence-electron chi connectivity index (χ2n) is 8.29. The summed E-state index contributed by atoms with van der Waals surface area (Å²) in [5.74, 6) is 0.280.